The van der Waals surface area contributed by atoms with Crippen LogP contribution in [0.4, 0.5) is 18.0 Å². The third-order valence-electron chi connectivity index (χ3n) is 2.86. The molecule has 118 valence electrons. The van der Waals surface area contributed by atoms with Gasteiger partial charge >= 0.3 is 17.9 Å². The summed E-state index contributed by atoms with van der Waals surface area (Å²) < 4.78 is 44.4. The number of aliphatic imine (C=N–C) groups is 1. The molecule has 1 aliphatic heterocycles. The van der Waals surface area contributed by atoms with Gasteiger partial charge in [0.1, 0.15) is 5.84 Å². The second kappa shape index (κ2) is 5.66. The highest BCUT2D eigenvalue weighted by molar-refractivity contribution is 6.16. The van der Waals surface area contributed by atoms with Gasteiger partial charge in [0.25, 0.3) is 5.91 Å². The summed E-state index contributed by atoms with van der Waals surface area (Å²) in [4.78, 5) is 26.6. The highest BCUT2D eigenvalue weighted by Gasteiger charge is 2.65. The molecule has 0 aliphatic carbocycles. The number of alkyl carbamates (subject to hydrolysis) is 1. The van der Waals surface area contributed by atoms with Crippen LogP contribution >= 0.6 is 0 Å². The minimum Gasteiger partial charge on any atom is -0.450 e. The molecule has 2 amide bonds. The van der Waals surface area contributed by atoms with Crippen LogP contribution in [0.15, 0.2) is 35.3 Å². The fourth-order valence-corrected chi connectivity index (χ4v) is 1.84. The molecule has 0 radical (unpaired) electrons. The van der Waals surface area contributed by atoms with Crippen LogP contribution in [0.1, 0.15) is 12.5 Å². The first-order chi connectivity index (χ1) is 10.3. The van der Waals surface area contributed by atoms with E-state index in [2.05, 4.69) is 9.73 Å². The third-order valence-corrected chi connectivity index (χ3v) is 2.86. The number of amidine groups is 1. The molecule has 0 saturated heterocycles. The van der Waals surface area contributed by atoms with Gasteiger partial charge in [0.15, 0.2) is 0 Å². The summed E-state index contributed by atoms with van der Waals surface area (Å²) in [5.74, 6) is -1.77. The zero-order valence-corrected chi connectivity index (χ0v) is 11.4. The van der Waals surface area contributed by atoms with Gasteiger partial charge in [-0.15, -0.1) is 0 Å². The maximum Gasteiger partial charge on any atom is 0.442 e. The van der Waals surface area contributed by atoms with Gasteiger partial charge in [0.2, 0.25) is 0 Å². The highest BCUT2D eigenvalue weighted by atomic mass is 19.4. The number of hydrogen-bond acceptors (Lipinski definition) is 4. The minimum atomic E-state index is -5.12. The van der Waals surface area contributed by atoms with Crippen LogP contribution in [0.2, 0.25) is 0 Å². The number of hydrogen-bond donors (Lipinski definition) is 2. The first-order valence-electron chi connectivity index (χ1n) is 6.28. The fourth-order valence-electron chi connectivity index (χ4n) is 1.84. The van der Waals surface area contributed by atoms with Gasteiger partial charge in [-0.25, -0.2) is 9.79 Å². The van der Waals surface area contributed by atoms with Gasteiger partial charge in [0.05, 0.1) is 6.61 Å². The summed E-state index contributed by atoms with van der Waals surface area (Å²) >= 11 is 0. The van der Waals surface area contributed by atoms with Crippen LogP contribution in [-0.4, -0.2) is 36.3 Å². The van der Waals surface area contributed by atoms with Gasteiger partial charge in [0, 0.05) is 5.56 Å². The number of nitrogens with one attached hydrogen (secondary N) is 2. The predicted octanol–water partition coefficient (Wildman–Crippen LogP) is 1.57. The van der Waals surface area contributed by atoms with E-state index in [0.717, 1.165) is 0 Å². The van der Waals surface area contributed by atoms with Crippen LogP contribution in [-0.2, 0) is 9.53 Å². The van der Waals surface area contributed by atoms with Gasteiger partial charge in [-0.3, -0.25) is 10.1 Å². The van der Waals surface area contributed by atoms with Crippen molar-refractivity contribution in [1.82, 2.24) is 10.6 Å². The molecule has 2 N–H and O–H groups in total. The number of amides is 2. The molecule has 0 fully saturated rings. The Morgan fingerprint density at radius 1 is 1.36 bits per heavy atom. The molecular formula is C13H12F3N3O3. The molecule has 1 atom stereocenters. The molecule has 1 aromatic rings. The molecular weight excluding hydrogens is 303 g/mol. The van der Waals surface area contributed by atoms with E-state index in [1.54, 1.807) is 18.2 Å². The first kappa shape index (κ1) is 15.8. The van der Waals surface area contributed by atoms with E-state index in [1.165, 1.54) is 24.4 Å². The predicted molar refractivity (Wildman–Crippen MR) is 70.1 cm³/mol. The number of ether oxygens (including phenoxy) is 1. The van der Waals surface area contributed by atoms with E-state index in [1.807, 2.05) is 5.32 Å². The van der Waals surface area contributed by atoms with Gasteiger partial charge in [-0.2, -0.15) is 13.2 Å². The van der Waals surface area contributed by atoms with Gasteiger partial charge in [-0.1, -0.05) is 30.3 Å². The third kappa shape index (κ3) is 2.74. The molecule has 0 saturated carbocycles. The number of benzene rings is 1. The summed E-state index contributed by atoms with van der Waals surface area (Å²) in [7, 11) is 0. The Labute approximate surface area is 123 Å². The number of halogens is 3. The lowest BCUT2D eigenvalue weighted by molar-refractivity contribution is -0.193. The summed E-state index contributed by atoms with van der Waals surface area (Å²) in [5, 5.41) is 3.53. The zero-order valence-electron chi connectivity index (χ0n) is 11.4. The Morgan fingerprint density at radius 3 is 2.55 bits per heavy atom. The molecule has 9 heteroatoms. The van der Waals surface area contributed by atoms with Crippen molar-refractivity contribution in [2.45, 2.75) is 18.8 Å². The Morgan fingerprint density at radius 2 is 2.00 bits per heavy atom. The topological polar surface area (TPSA) is 79.8 Å². The van der Waals surface area contributed by atoms with Crippen LogP contribution in [0.5, 0.6) is 0 Å². The van der Waals surface area contributed by atoms with E-state index in [0.29, 0.717) is 0 Å². The van der Waals surface area contributed by atoms with Crippen molar-refractivity contribution in [2.75, 3.05) is 6.61 Å². The van der Waals surface area contributed by atoms with Crippen LogP contribution in [0, 0.1) is 0 Å². The smallest absolute Gasteiger partial charge is 0.442 e. The molecule has 1 aromatic carbocycles. The maximum absolute atomic E-state index is 13.3. The number of carbonyl (C=O) groups excluding carboxylic acids is 2. The average Bonchev–Trinajstić information content (AvgIpc) is 2.78. The van der Waals surface area contributed by atoms with Crippen LogP contribution in [0.3, 0.4) is 0 Å². The summed E-state index contributed by atoms with van der Waals surface area (Å²) in [6.45, 7) is 1.28. The number of alkyl halides is 3. The summed E-state index contributed by atoms with van der Waals surface area (Å²) in [6.07, 6.45) is -6.51. The van der Waals surface area contributed by atoms with E-state index < -0.39 is 23.8 Å². The van der Waals surface area contributed by atoms with Gasteiger partial charge < -0.3 is 10.1 Å². The van der Waals surface area contributed by atoms with Crippen molar-refractivity contribution >= 4 is 17.8 Å². The lowest BCUT2D eigenvalue weighted by Gasteiger charge is -2.26. The minimum absolute atomic E-state index is 0.142. The molecule has 6 nitrogen and oxygen atoms in total. The van der Waals surface area contributed by atoms with Crippen molar-refractivity contribution < 1.29 is 27.5 Å². The molecule has 0 spiro atoms. The Hall–Kier alpha value is -2.58. The van der Waals surface area contributed by atoms with Crippen molar-refractivity contribution in [3.8, 4) is 0 Å². The maximum atomic E-state index is 13.3. The van der Waals surface area contributed by atoms with E-state index in [-0.39, 0.29) is 18.0 Å². The van der Waals surface area contributed by atoms with E-state index >= 15 is 0 Å². The van der Waals surface area contributed by atoms with Crippen molar-refractivity contribution in [3.05, 3.63) is 35.9 Å². The number of carbonyl (C=O) groups is 2. The van der Waals surface area contributed by atoms with Crippen molar-refractivity contribution in [1.29, 1.82) is 0 Å². The monoisotopic (exact) mass is 315 g/mol. The average molecular weight is 315 g/mol. The highest BCUT2D eigenvalue weighted by Crippen LogP contribution is 2.35. The molecule has 1 aliphatic rings. The Kier molecular flexibility index (Phi) is 4.07. The lowest BCUT2D eigenvalue weighted by Crippen LogP contribution is -2.63. The first-order valence-corrected chi connectivity index (χ1v) is 6.28. The fraction of sp³-hybridized carbons (Fsp3) is 0.308. The Balaban J connectivity index is 2.43. The van der Waals surface area contributed by atoms with Gasteiger partial charge in [-0.05, 0) is 6.92 Å². The number of nitrogens with zero attached hydrogens (tertiary/aromatic N) is 1. The molecule has 0 bridgehead atoms. The zero-order chi connectivity index (χ0) is 16.4. The normalized spacial score (nSPS) is 21.1. The second-order valence-corrected chi connectivity index (χ2v) is 4.33. The second-order valence-electron chi connectivity index (χ2n) is 4.33. The lowest BCUT2D eigenvalue weighted by atomic mass is 10.1. The summed E-state index contributed by atoms with van der Waals surface area (Å²) in [5.41, 5.74) is -3.11. The largest absolute Gasteiger partial charge is 0.450 e. The molecule has 2 rings (SSSR count). The van der Waals surface area contributed by atoms with E-state index in [4.69, 9.17) is 0 Å². The van der Waals surface area contributed by atoms with Crippen molar-refractivity contribution in [2.24, 2.45) is 4.99 Å². The van der Waals surface area contributed by atoms with Crippen LogP contribution < -0.4 is 10.6 Å². The summed E-state index contributed by atoms with van der Waals surface area (Å²) in [6, 6.07) is 7.79. The Bertz CT molecular complexity index is 616. The van der Waals surface area contributed by atoms with E-state index in [9.17, 15) is 22.8 Å². The molecule has 22 heavy (non-hydrogen) atoms. The molecule has 1 heterocycles. The molecule has 0 unspecified atom stereocenters. The SMILES string of the molecule is CCOC(=O)N[C@@]1(C(F)(F)F)N=C(c2ccccc2)NC1=O. The van der Waals surface area contributed by atoms with Crippen molar-refractivity contribution in [3.63, 3.8) is 0 Å². The quantitative estimate of drug-likeness (QED) is 0.888. The standard InChI is InChI=1S/C13H12F3N3O3/c1-2-22-11(21)19-12(13(14,15)16)10(20)17-9(18-12)8-6-4-3-5-7-8/h3-7H,2H2,1H3,(H,19,21)(H,17,18,20)/t12-/m0/s1. The number of rotatable bonds is 3. The van der Waals surface area contributed by atoms with Crippen LogP contribution in [0.25, 0.3) is 0 Å². The molecule has 0 aromatic heterocycles.